The standard InChI is InChI=1S/C5H11NO4S/c6-4(5(7)8)2-1-3-11(9)10/h4H,1-3,6H2,(H,7,8)(H,9,10)/p-1. The van der Waals surface area contributed by atoms with Gasteiger partial charge in [-0.25, -0.2) is 0 Å². The van der Waals surface area contributed by atoms with Crippen molar-refractivity contribution in [2.75, 3.05) is 5.75 Å². The number of carboxylic acid groups (broad SMARTS) is 1. The Morgan fingerprint density at radius 1 is 1.73 bits per heavy atom. The van der Waals surface area contributed by atoms with Crippen LogP contribution < -0.4 is 5.73 Å². The maximum absolute atomic E-state index is 10.1. The first kappa shape index (κ1) is 10.5. The van der Waals surface area contributed by atoms with E-state index < -0.39 is 23.1 Å². The van der Waals surface area contributed by atoms with Gasteiger partial charge in [-0.2, -0.15) is 0 Å². The van der Waals surface area contributed by atoms with Crippen molar-refractivity contribution in [3.8, 4) is 0 Å². The second-order valence-corrected chi connectivity index (χ2v) is 3.11. The molecule has 3 N–H and O–H groups in total. The number of carboxylic acids is 1. The molecule has 0 aliphatic rings. The molecule has 0 bridgehead atoms. The molecule has 66 valence electrons. The minimum absolute atomic E-state index is 0.0268. The molecule has 0 saturated heterocycles. The van der Waals surface area contributed by atoms with E-state index in [-0.39, 0.29) is 12.2 Å². The Morgan fingerprint density at radius 3 is 2.64 bits per heavy atom. The summed E-state index contributed by atoms with van der Waals surface area (Å²) in [6.45, 7) is 0. The van der Waals surface area contributed by atoms with Crippen LogP contribution in [0.3, 0.4) is 0 Å². The van der Waals surface area contributed by atoms with Gasteiger partial charge in [0.25, 0.3) is 0 Å². The minimum Gasteiger partial charge on any atom is -0.772 e. The quantitative estimate of drug-likeness (QED) is 0.531. The van der Waals surface area contributed by atoms with Crippen LogP contribution in [-0.2, 0) is 15.9 Å². The normalized spacial score (nSPS) is 15.8. The summed E-state index contributed by atoms with van der Waals surface area (Å²) in [6, 6.07) is -0.946. The zero-order chi connectivity index (χ0) is 8.85. The highest BCUT2D eigenvalue weighted by Crippen LogP contribution is 1.95. The lowest BCUT2D eigenvalue weighted by molar-refractivity contribution is -0.138. The zero-order valence-electron chi connectivity index (χ0n) is 5.86. The molecule has 0 heterocycles. The van der Waals surface area contributed by atoms with Crippen molar-refractivity contribution in [2.24, 2.45) is 5.73 Å². The van der Waals surface area contributed by atoms with E-state index in [1.165, 1.54) is 0 Å². The second-order valence-electron chi connectivity index (χ2n) is 2.09. The van der Waals surface area contributed by atoms with Gasteiger partial charge in [-0.15, -0.1) is 0 Å². The third-order valence-corrected chi connectivity index (χ3v) is 1.77. The van der Waals surface area contributed by atoms with Gasteiger partial charge in [0.1, 0.15) is 6.04 Å². The topological polar surface area (TPSA) is 103 Å². The van der Waals surface area contributed by atoms with Gasteiger partial charge in [-0.05, 0) is 12.8 Å². The van der Waals surface area contributed by atoms with Crippen LogP contribution in [0, 0.1) is 0 Å². The van der Waals surface area contributed by atoms with Crippen LogP contribution in [0.4, 0.5) is 0 Å². The predicted octanol–water partition coefficient (Wildman–Crippen LogP) is -0.942. The van der Waals surface area contributed by atoms with Crippen molar-refractivity contribution in [2.45, 2.75) is 18.9 Å². The van der Waals surface area contributed by atoms with Crippen molar-refractivity contribution in [1.29, 1.82) is 0 Å². The smallest absolute Gasteiger partial charge is 0.320 e. The summed E-state index contributed by atoms with van der Waals surface area (Å²) < 4.78 is 19.9. The molecule has 0 rings (SSSR count). The molecule has 11 heavy (non-hydrogen) atoms. The van der Waals surface area contributed by atoms with E-state index in [1.807, 2.05) is 0 Å². The SMILES string of the molecule is NC(CCCS(=O)[O-])C(=O)O. The van der Waals surface area contributed by atoms with Crippen molar-refractivity contribution < 1.29 is 18.7 Å². The fourth-order valence-corrected chi connectivity index (χ4v) is 0.947. The molecule has 5 nitrogen and oxygen atoms in total. The molecule has 0 aromatic carbocycles. The largest absolute Gasteiger partial charge is 0.772 e. The lowest BCUT2D eigenvalue weighted by Crippen LogP contribution is -2.30. The van der Waals surface area contributed by atoms with Crippen molar-refractivity contribution in [3.05, 3.63) is 0 Å². The Labute approximate surface area is 66.9 Å². The predicted molar refractivity (Wildman–Crippen MR) is 38.6 cm³/mol. The highest BCUT2D eigenvalue weighted by atomic mass is 32.2. The molecule has 0 aromatic rings. The number of aliphatic carboxylic acids is 1. The highest BCUT2D eigenvalue weighted by Gasteiger charge is 2.09. The summed E-state index contributed by atoms with van der Waals surface area (Å²) in [4.78, 5) is 10.1. The maximum atomic E-state index is 10.1. The van der Waals surface area contributed by atoms with Crippen molar-refractivity contribution in [1.82, 2.24) is 0 Å². The fourth-order valence-electron chi connectivity index (χ4n) is 0.545. The Kier molecular flexibility index (Phi) is 5.01. The molecule has 2 atom stereocenters. The second kappa shape index (κ2) is 5.22. The molecule has 0 radical (unpaired) electrons. The molecule has 0 aromatic heterocycles. The number of carbonyl (C=O) groups is 1. The lowest BCUT2D eigenvalue weighted by atomic mass is 10.2. The first-order valence-corrected chi connectivity index (χ1v) is 4.32. The molecule has 0 saturated carbocycles. The monoisotopic (exact) mass is 180 g/mol. The Bertz CT molecular complexity index is 161. The van der Waals surface area contributed by atoms with Crippen molar-refractivity contribution >= 4 is 17.0 Å². The van der Waals surface area contributed by atoms with Gasteiger partial charge >= 0.3 is 5.97 Å². The van der Waals surface area contributed by atoms with Crippen LogP contribution in [0.1, 0.15) is 12.8 Å². The third kappa shape index (κ3) is 5.96. The van der Waals surface area contributed by atoms with E-state index in [4.69, 9.17) is 10.8 Å². The van der Waals surface area contributed by atoms with E-state index in [1.54, 1.807) is 0 Å². The highest BCUT2D eigenvalue weighted by molar-refractivity contribution is 7.79. The van der Waals surface area contributed by atoms with Gasteiger partial charge in [0.2, 0.25) is 0 Å². The van der Waals surface area contributed by atoms with E-state index in [9.17, 15) is 13.6 Å². The van der Waals surface area contributed by atoms with Crippen LogP contribution in [-0.4, -0.2) is 31.6 Å². The molecule has 0 aliphatic carbocycles. The van der Waals surface area contributed by atoms with E-state index in [0.717, 1.165) is 0 Å². The number of rotatable bonds is 5. The van der Waals surface area contributed by atoms with Gasteiger partial charge in [0.05, 0.1) is 0 Å². The summed E-state index contributed by atoms with van der Waals surface area (Å²) in [6.07, 6.45) is 0.493. The van der Waals surface area contributed by atoms with E-state index in [2.05, 4.69) is 0 Å². The van der Waals surface area contributed by atoms with Gasteiger partial charge in [0, 0.05) is 5.75 Å². The molecule has 0 amide bonds. The average Bonchev–Trinajstić information content (AvgIpc) is 1.86. The molecule has 2 unspecified atom stereocenters. The molecule has 0 aliphatic heterocycles. The Balaban J connectivity index is 3.39. The Hall–Kier alpha value is -0.460. The lowest BCUT2D eigenvalue weighted by Gasteiger charge is -2.06. The van der Waals surface area contributed by atoms with Gasteiger partial charge in [0.15, 0.2) is 0 Å². The van der Waals surface area contributed by atoms with Crippen LogP contribution in [0.2, 0.25) is 0 Å². The summed E-state index contributed by atoms with van der Waals surface area (Å²) in [5.41, 5.74) is 5.10. The van der Waals surface area contributed by atoms with Gasteiger partial charge < -0.3 is 15.4 Å². The summed E-state index contributed by atoms with van der Waals surface area (Å²) >= 11 is -2.09. The van der Waals surface area contributed by atoms with Gasteiger partial charge in [-0.3, -0.25) is 9.00 Å². The van der Waals surface area contributed by atoms with E-state index in [0.29, 0.717) is 6.42 Å². The number of hydrogen-bond donors (Lipinski definition) is 2. The molecule has 0 spiro atoms. The van der Waals surface area contributed by atoms with Crippen LogP contribution >= 0.6 is 0 Å². The van der Waals surface area contributed by atoms with Crippen LogP contribution in [0.5, 0.6) is 0 Å². The molecular formula is C5H10NO4S-. The van der Waals surface area contributed by atoms with Crippen molar-refractivity contribution in [3.63, 3.8) is 0 Å². The van der Waals surface area contributed by atoms with Crippen LogP contribution in [0.15, 0.2) is 0 Å². The zero-order valence-corrected chi connectivity index (χ0v) is 6.67. The summed E-state index contributed by atoms with van der Waals surface area (Å²) in [7, 11) is 0. The number of nitrogens with two attached hydrogens (primary N) is 1. The fraction of sp³-hybridized carbons (Fsp3) is 0.800. The summed E-state index contributed by atoms with van der Waals surface area (Å²) in [5.74, 6) is -1.12. The average molecular weight is 180 g/mol. The molecule has 6 heteroatoms. The molecule has 0 fully saturated rings. The summed E-state index contributed by atoms with van der Waals surface area (Å²) in [5, 5.41) is 8.27. The first-order valence-electron chi connectivity index (χ1n) is 3.08. The minimum atomic E-state index is -2.09. The molecular weight excluding hydrogens is 170 g/mol. The van der Waals surface area contributed by atoms with E-state index >= 15 is 0 Å². The Morgan fingerprint density at radius 2 is 2.27 bits per heavy atom. The van der Waals surface area contributed by atoms with Gasteiger partial charge in [-0.1, -0.05) is 11.1 Å². The number of hydrogen-bond acceptors (Lipinski definition) is 4. The maximum Gasteiger partial charge on any atom is 0.320 e. The first-order chi connectivity index (χ1) is 5.04. The third-order valence-electron chi connectivity index (χ3n) is 1.14. The van der Waals surface area contributed by atoms with Crippen LogP contribution in [0.25, 0.3) is 0 Å².